The molecule has 1 aliphatic rings. The second-order valence-corrected chi connectivity index (χ2v) is 4.71. The molecule has 1 fully saturated rings. The number of anilines is 1. The van der Waals surface area contributed by atoms with Crippen molar-refractivity contribution in [2.45, 2.75) is 6.42 Å². The molecule has 1 N–H and O–H groups in total. The number of benzene rings is 1. The summed E-state index contributed by atoms with van der Waals surface area (Å²) >= 11 is 0. The van der Waals surface area contributed by atoms with E-state index in [0.29, 0.717) is 0 Å². The summed E-state index contributed by atoms with van der Waals surface area (Å²) in [6, 6.07) is 9.14. The summed E-state index contributed by atoms with van der Waals surface area (Å²) < 4.78 is 1.72. The largest absolute Gasteiger partial charge is 0.481 e. The lowest BCUT2D eigenvalue weighted by Crippen LogP contribution is -2.25. The van der Waals surface area contributed by atoms with E-state index in [1.54, 1.807) is 23.0 Å². The molecule has 1 aromatic heterocycles. The van der Waals surface area contributed by atoms with Crippen LogP contribution < -0.4 is 4.90 Å². The third kappa shape index (κ3) is 2.16. The maximum Gasteiger partial charge on any atom is 0.308 e. The summed E-state index contributed by atoms with van der Waals surface area (Å²) in [5, 5.41) is 13.1. The van der Waals surface area contributed by atoms with Gasteiger partial charge in [0.25, 0.3) is 0 Å². The van der Waals surface area contributed by atoms with Gasteiger partial charge < -0.3 is 10.0 Å². The molecule has 3 rings (SSSR count). The number of hydrogen-bond acceptors (Lipinski definition) is 3. The van der Waals surface area contributed by atoms with Gasteiger partial charge in [-0.05, 0) is 30.3 Å². The number of carboxylic acid groups (broad SMARTS) is 1. The Hall–Kier alpha value is -2.63. The fraction of sp³-hybridized carbons (Fsp3) is 0.214. The highest BCUT2D eigenvalue weighted by Crippen LogP contribution is 2.26. The van der Waals surface area contributed by atoms with E-state index in [2.05, 4.69) is 5.10 Å². The van der Waals surface area contributed by atoms with E-state index in [4.69, 9.17) is 5.11 Å². The van der Waals surface area contributed by atoms with E-state index < -0.39 is 11.9 Å². The smallest absolute Gasteiger partial charge is 0.308 e. The normalized spacial score (nSPS) is 18.5. The van der Waals surface area contributed by atoms with Crippen molar-refractivity contribution in [3.8, 4) is 5.69 Å². The first-order valence-electron chi connectivity index (χ1n) is 6.28. The molecule has 2 aromatic rings. The lowest BCUT2D eigenvalue weighted by atomic mass is 10.1. The van der Waals surface area contributed by atoms with Crippen molar-refractivity contribution in [1.29, 1.82) is 0 Å². The van der Waals surface area contributed by atoms with E-state index in [-0.39, 0.29) is 18.9 Å². The molecule has 0 spiro atoms. The van der Waals surface area contributed by atoms with Gasteiger partial charge in [0.1, 0.15) is 0 Å². The summed E-state index contributed by atoms with van der Waals surface area (Å²) in [4.78, 5) is 24.3. The van der Waals surface area contributed by atoms with Crippen LogP contribution in [0, 0.1) is 5.92 Å². The molecule has 0 bridgehead atoms. The van der Waals surface area contributed by atoms with Gasteiger partial charge >= 0.3 is 5.97 Å². The Bertz CT molecular complexity index is 634. The zero-order valence-corrected chi connectivity index (χ0v) is 10.6. The van der Waals surface area contributed by atoms with Gasteiger partial charge in [0.15, 0.2) is 0 Å². The standard InChI is InChI=1S/C14H13N3O3/c18-13-8-10(14(19)20)9-16(13)11-2-4-12(5-3-11)17-7-1-6-15-17/h1-7,10H,8-9H2,(H,19,20). The van der Waals surface area contributed by atoms with Crippen molar-refractivity contribution < 1.29 is 14.7 Å². The van der Waals surface area contributed by atoms with Crippen LogP contribution in [0.5, 0.6) is 0 Å². The molecule has 2 heterocycles. The number of nitrogens with zero attached hydrogens (tertiary/aromatic N) is 3. The summed E-state index contributed by atoms with van der Waals surface area (Å²) in [6.45, 7) is 0.231. The predicted octanol–water partition coefficient (Wildman–Crippen LogP) is 1.31. The van der Waals surface area contributed by atoms with Crippen molar-refractivity contribution >= 4 is 17.6 Å². The number of aliphatic carboxylic acids is 1. The van der Waals surface area contributed by atoms with Gasteiger partial charge in [0.05, 0.1) is 11.6 Å². The highest BCUT2D eigenvalue weighted by Gasteiger charge is 2.34. The van der Waals surface area contributed by atoms with Crippen molar-refractivity contribution in [3.05, 3.63) is 42.7 Å². The molecule has 0 aliphatic carbocycles. The first-order chi connectivity index (χ1) is 9.65. The van der Waals surface area contributed by atoms with E-state index in [9.17, 15) is 9.59 Å². The third-order valence-corrected chi connectivity index (χ3v) is 3.40. The van der Waals surface area contributed by atoms with Crippen LogP contribution in [0.2, 0.25) is 0 Å². The van der Waals surface area contributed by atoms with Gasteiger partial charge in [0, 0.05) is 31.0 Å². The zero-order chi connectivity index (χ0) is 14.1. The second kappa shape index (κ2) is 4.80. The van der Waals surface area contributed by atoms with Gasteiger partial charge in [-0.3, -0.25) is 9.59 Å². The zero-order valence-electron chi connectivity index (χ0n) is 10.6. The minimum atomic E-state index is -0.922. The van der Waals surface area contributed by atoms with E-state index >= 15 is 0 Å². The Morgan fingerprint density at radius 1 is 1.25 bits per heavy atom. The minimum absolute atomic E-state index is 0.0657. The SMILES string of the molecule is O=C(O)C1CC(=O)N(c2ccc(-n3cccn3)cc2)C1. The number of amides is 1. The first-order valence-corrected chi connectivity index (χ1v) is 6.28. The molecule has 1 amide bonds. The van der Waals surface area contributed by atoms with Crippen LogP contribution >= 0.6 is 0 Å². The van der Waals surface area contributed by atoms with E-state index in [1.165, 1.54) is 4.90 Å². The summed E-state index contributed by atoms with van der Waals surface area (Å²) in [6.07, 6.45) is 3.59. The van der Waals surface area contributed by atoms with Crippen LogP contribution in [0.3, 0.4) is 0 Å². The third-order valence-electron chi connectivity index (χ3n) is 3.40. The molecule has 102 valence electrons. The summed E-state index contributed by atoms with van der Waals surface area (Å²) in [5.41, 5.74) is 1.61. The molecular formula is C14H13N3O3. The average Bonchev–Trinajstić information content (AvgIpc) is 3.08. The van der Waals surface area contributed by atoms with Crippen LogP contribution in [0.1, 0.15) is 6.42 Å². The average molecular weight is 271 g/mol. The number of rotatable bonds is 3. The fourth-order valence-corrected chi connectivity index (χ4v) is 2.33. The molecule has 20 heavy (non-hydrogen) atoms. The van der Waals surface area contributed by atoms with Crippen molar-refractivity contribution in [2.24, 2.45) is 5.92 Å². The van der Waals surface area contributed by atoms with Crippen LogP contribution in [-0.4, -0.2) is 33.3 Å². The fourth-order valence-electron chi connectivity index (χ4n) is 2.33. The molecule has 1 aromatic carbocycles. The summed E-state index contributed by atoms with van der Waals surface area (Å²) in [7, 11) is 0. The van der Waals surface area contributed by atoms with Gasteiger partial charge in [-0.15, -0.1) is 0 Å². The molecule has 6 nitrogen and oxygen atoms in total. The molecule has 1 saturated heterocycles. The predicted molar refractivity (Wildman–Crippen MR) is 71.7 cm³/mol. The number of aromatic nitrogens is 2. The van der Waals surface area contributed by atoms with Crippen LogP contribution in [-0.2, 0) is 9.59 Å². The molecule has 0 radical (unpaired) electrons. The molecule has 0 saturated carbocycles. The lowest BCUT2D eigenvalue weighted by molar-refractivity contribution is -0.141. The maximum atomic E-state index is 11.8. The molecule has 1 atom stereocenters. The van der Waals surface area contributed by atoms with Crippen LogP contribution in [0.25, 0.3) is 5.69 Å². The Balaban J connectivity index is 1.82. The summed E-state index contributed by atoms with van der Waals surface area (Å²) in [5.74, 6) is -1.69. The molecule has 1 unspecified atom stereocenters. The number of carbonyl (C=O) groups excluding carboxylic acids is 1. The topological polar surface area (TPSA) is 75.4 Å². The maximum absolute atomic E-state index is 11.8. The number of hydrogen-bond donors (Lipinski definition) is 1. The Morgan fingerprint density at radius 2 is 1.95 bits per heavy atom. The van der Waals surface area contributed by atoms with Gasteiger partial charge in [-0.25, -0.2) is 4.68 Å². The second-order valence-electron chi connectivity index (χ2n) is 4.71. The molecule has 6 heteroatoms. The Morgan fingerprint density at radius 3 is 2.50 bits per heavy atom. The van der Waals surface area contributed by atoms with Crippen molar-refractivity contribution in [1.82, 2.24) is 9.78 Å². The van der Waals surface area contributed by atoms with Crippen LogP contribution in [0.4, 0.5) is 5.69 Å². The highest BCUT2D eigenvalue weighted by atomic mass is 16.4. The molecular weight excluding hydrogens is 258 g/mol. The first kappa shape index (κ1) is 12.4. The van der Waals surface area contributed by atoms with Gasteiger partial charge in [-0.2, -0.15) is 5.10 Å². The van der Waals surface area contributed by atoms with E-state index in [1.807, 2.05) is 24.4 Å². The number of carboxylic acids is 1. The van der Waals surface area contributed by atoms with Crippen LogP contribution in [0.15, 0.2) is 42.7 Å². The number of carbonyl (C=O) groups is 2. The van der Waals surface area contributed by atoms with Gasteiger partial charge in [0.2, 0.25) is 5.91 Å². The van der Waals surface area contributed by atoms with Crippen molar-refractivity contribution in [3.63, 3.8) is 0 Å². The Labute approximate surface area is 115 Å². The van der Waals surface area contributed by atoms with Gasteiger partial charge in [-0.1, -0.05) is 0 Å². The lowest BCUT2D eigenvalue weighted by Gasteiger charge is -2.16. The quantitative estimate of drug-likeness (QED) is 0.913. The minimum Gasteiger partial charge on any atom is -0.481 e. The monoisotopic (exact) mass is 271 g/mol. The van der Waals surface area contributed by atoms with E-state index in [0.717, 1.165) is 11.4 Å². The Kier molecular flexibility index (Phi) is 2.98. The molecule has 1 aliphatic heterocycles. The highest BCUT2D eigenvalue weighted by molar-refractivity contribution is 5.99. The van der Waals surface area contributed by atoms with Crippen molar-refractivity contribution in [2.75, 3.05) is 11.4 Å².